The van der Waals surface area contributed by atoms with Crippen molar-refractivity contribution >= 4 is 56.3 Å². The highest BCUT2D eigenvalue weighted by atomic mass is 32.2. The van der Waals surface area contributed by atoms with E-state index in [-0.39, 0.29) is 17.5 Å². The molecule has 28 heavy (non-hydrogen) atoms. The standard InChI is InChI=1S/C20H15FN4OS2/c21-15-9-3-4-10-17(15)23-19-24-25-20(28-19)27-12-18(26)22-16-11-5-7-13-6-1-2-8-14(13)16/h1-11H,12H2,(H,22,26)(H,23,24). The number of anilines is 3. The van der Waals surface area contributed by atoms with Crippen molar-refractivity contribution < 1.29 is 9.18 Å². The Kier molecular flexibility index (Phi) is 5.50. The lowest BCUT2D eigenvalue weighted by Gasteiger charge is -2.08. The summed E-state index contributed by atoms with van der Waals surface area (Å²) in [5, 5.41) is 16.4. The fourth-order valence-electron chi connectivity index (χ4n) is 2.64. The molecule has 1 heterocycles. The van der Waals surface area contributed by atoms with Gasteiger partial charge in [-0.2, -0.15) is 0 Å². The molecule has 1 amide bonds. The monoisotopic (exact) mass is 410 g/mol. The van der Waals surface area contributed by atoms with Gasteiger partial charge < -0.3 is 10.6 Å². The summed E-state index contributed by atoms with van der Waals surface area (Å²) in [5.41, 5.74) is 1.12. The van der Waals surface area contributed by atoms with E-state index < -0.39 is 0 Å². The zero-order chi connectivity index (χ0) is 19.3. The van der Waals surface area contributed by atoms with Gasteiger partial charge in [-0.25, -0.2) is 4.39 Å². The molecule has 8 heteroatoms. The van der Waals surface area contributed by atoms with Crippen molar-refractivity contribution in [1.82, 2.24) is 10.2 Å². The Morgan fingerprint density at radius 2 is 1.71 bits per heavy atom. The summed E-state index contributed by atoms with van der Waals surface area (Å²) in [6.07, 6.45) is 0. The summed E-state index contributed by atoms with van der Waals surface area (Å²) in [6, 6.07) is 20.0. The highest BCUT2D eigenvalue weighted by molar-refractivity contribution is 8.01. The van der Waals surface area contributed by atoms with Crippen molar-refractivity contribution in [1.29, 1.82) is 0 Å². The average Bonchev–Trinajstić information content (AvgIpc) is 3.16. The number of halogens is 1. The van der Waals surface area contributed by atoms with E-state index in [4.69, 9.17) is 0 Å². The van der Waals surface area contributed by atoms with Gasteiger partial charge in [0.05, 0.1) is 11.4 Å². The van der Waals surface area contributed by atoms with Gasteiger partial charge in [0.15, 0.2) is 4.34 Å². The maximum Gasteiger partial charge on any atom is 0.234 e. The van der Waals surface area contributed by atoms with E-state index in [9.17, 15) is 9.18 Å². The van der Waals surface area contributed by atoms with Gasteiger partial charge in [-0.1, -0.05) is 71.6 Å². The van der Waals surface area contributed by atoms with E-state index in [0.717, 1.165) is 16.5 Å². The van der Waals surface area contributed by atoms with Gasteiger partial charge in [0.2, 0.25) is 11.0 Å². The fraction of sp³-hybridized carbons (Fsp3) is 0.0500. The quantitative estimate of drug-likeness (QED) is 0.422. The SMILES string of the molecule is O=C(CSc1nnc(Nc2ccccc2F)s1)Nc1cccc2ccccc12. The minimum absolute atomic E-state index is 0.125. The Morgan fingerprint density at radius 3 is 2.61 bits per heavy atom. The molecule has 0 bridgehead atoms. The second-order valence-electron chi connectivity index (χ2n) is 5.84. The van der Waals surface area contributed by atoms with Crippen LogP contribution in [0.5, 0.6) is 0 Å². The molecule has 4 aromatic rings. The molecule has 3 aromatic carbocycles. The van der Waals surface area contributed by atoms with Crippen LogP contribution < -0.4 is 10.6 Å². The van der Waals surface area contributed by atoms with Gasteiger partial charge in [0, 0.05) is 11.1 Å². The predicted octanol–water partition coefficient (Wildman–Crippen LogP) is 5.30. The summed E-state index contributed by atoms with van der Waals surface area (Å²) < 4.78 is 14.3. The van der Waals surface area contributed by atoms with E-state index in [1.54, 1.807) is 18.2 Å². The minimum atomic E-state index is -0.360. The molecule has 0 unspecified atom stereocenters. The van der Waals surface area contributed by atoms with Crippen LogP contribution in [0.1, 0.15) is 0 Å². The molecule has 0 spiro atoms. The summed E-state index contributed by atoms with van der Waals surface area (Å²) in [4.78, 5) is 12.3. The Bertz CT molecular complexity index is 1130. The van der Waals surface area contributed by atoms with E-state index in [1.807, 2.05) is 42.5 Å². The number of amides is 1. The second kappa shape index (κ2) is 8.37. The van der Waals surface area contributed by atoms with Crippen LogP contribution in [0.15, 0.2) is 71.1 Å². The molecule has 0 radical (unpaired) electrons. The maximum atomic E-state index is 13.7. The number of carbonyl (C=O) groups is 1. The smallest absolute Gasteiger partial charge is 0.234 e. The number of nitrogens with one attached hydrogen (secondary N) is 2. The van der Waals surface area contributed by atoms with Crippen LogP contribution in [0.25, 0.3) is 10.8 Å². The molecular weight excluding hydrogens is 395 g/mol. The summed E-state index contributed by atoms with van der Waals surface area (Å²) >= 11 is 2.56. The number of hydrogen-bond acceptors (Lipinski definition) is 6. The molecule has 0 aliphatic carbocycles. The van der Waals surface area contributed by atoms with Crippen molar-refractivity contribution in [3.05, 3.63) is 72.5 Å². The number of benzene rings is 3. The first-order valence-electron chi connectivity index (χ1n) is 8.44. The van der Waals surface area contributed by atoms with Gasteiger partial charge in [-0.05, 0) is 23.6 Å². The Balaban J connectivity index is 1.36. The maximum absolute atomic E-state index is 13.7. The number of rotatable bonds is 6. The molecule has 140 valence electrons. The number of carbonyl (C=O) groups excluding carboxylic acids is 1. The zero-order valence-corrected chi connectivity index (χ0v) is 16.2. The molecule has 0 aliphatic heterocycles. The summed E-state index contributed by atoms with van der Waals surface area (Å²) in [6.45, 7) is 0. The average molecular weight is 410 g/mol. The Morgan fingerprint density at radius 1 is 0.964 bits per heavy atom. The van der Waals surface area contributed by atoms with E-state index >= 15 is 0 Å². The molecule has 0 fully saturated rings. The lowest BCUT2D eigenvalue weighted by molar-refractivity contribution is -0.113. The van der Waals surface area contributed by atoms with Crippen molar-refractivity contribution in [2.45, 2.75) is 4.34 Å². The molecular formula is C20H15FN4OS2. The highest BCUT2D eigenvalue weighted by Crippen LogP contribution is 2.29. The first-order chi connectivity index (χ1) is 13.7. The molecule has 4 rings (SSSR count). The molecule has 0 atom stereocenters. The van der Waals surface area contributed by atoms with Gasteiger partial charge in [-0.15, -0.1) is 10.2 Å². The third-order valence-corrected chi connectivity index (χ3v) is 5.88. The molecule has 5 nitrogen and oxygen atoms in total. The molecule has 0 saturated carbocycles. The van der Waals surface area contributed by atoms with Crippen LogP contribution in [0.4, 0.5) is 20.9 Å². The fourth-order valence-corrected chi connectivity index (χ4v) is 4.21. The largest absolute Gasteiger partial charge is 0.328 e. The summed E-state index contributed by atoms with van der Waals surface area (Å²) in [5.74, 6) is -0.279. The first kappa shape index (κ1) is 18.4. The number of fused-ring (bicyclic) bond motifs is 1. The summed E-state index contributed by atoms with van der Waals surface area (Å²) in [7, 11) is 0. The Labute approximate surface area is 169 Å². The van der Waals surface area contributed by atoms with Crippen molar-refractivity contribution in [3.8, 4) is 0 Å². The normalized spacial score (nSPS) is 10.8. The lowest BCUT2D eigenvalue weighted by atomic mass is 10.1. The van der Waals surface area contributed by atoms with Gasteiger partial charge >= 0.3 is 0 Å². The molecule has 2 N–H and O–H groups in total. The van der Waals surface area contributed by atoms with Gasteiger partial charge in [0.1, 0.15) is 5.82 Å². The second-order valence-corrected chi connectivity index (χ2v) is 8.04. The molecule has 1 aromatic heterocycles. The number of thioether (sulfide) groups is 1. The molecule has 0 aliphatic rings. The number of aromatic nitrogens is 2. The number of nitrogens with zero attached hydrogens (tertiary/aromatic N) is 2. The van der Waals surface area contributed by atoms with Crippen LogP contribution in [-0.2, 0) is 4.79 Å². The third kappa shape index (κ3) is 4.29. The highest BCUT2D eigenvalue weighted by Gasteiger charge is 2.11. The van der Waals surface area contributed by atoms with Crippen LogP contribution >= 0.6 is 23.1 Å². The van der Waals surface area contributed by atoms with E-state index in [1.165, 1.54) is 29.2 Å². The molecule has 0 saturated heterocycles. The van der Waals surface area contributed by atoms with Crippen LogP contribution in [0.3, 0.4) is 0 Å². The number of hydrogen-bond donors (Lipinski definition) is 2. The number of para-hydroxylation sites is 1. The van der Waals surface area contributed by atoms with Gasteiger partial charge in [-0.3, -0.25) is 4.79 Å². The van der Waals surface area contributed by atoms with Crippen LogP contribution in [0.2, 0.25) is 0 Å². The lowest BCUT2D eigenvalue weighted by Crippen LogP contribution is -2.14. The van der Waals surface area contributed by atoms with E-state index in [2.05, 4.69) is 20.8 Å². The predicted molar refractivity (Wildman–Crippen MR) is 113 cm³/mol. The van der Waals surface area contributed by atoms with Crippen molar-refractivity contribution in [3.63, 3.8) is 0 Å². The van der Waals surface area contributed by atoms with Crippen LogP contribution in [-0.4, -0.2) is 21.9 Å². The zero-order valence-electron chi connectivity index (χ0n) is 14.6. The Hall–Kier alpha value is -2.97. The van der Waals surface area contributed by atoms with E-state index in [0.29, 0.717) is 15.2 Å². The minimum Gasteiger partial charge on any atom is -0.328 e. The van der Waals surface area contributed by atoms with Crippen LogP contribution in [0, 0.1) is 5.82 Å². The topological polar surface area (TPSA) is 66.9 Å². The van der Waals surface area contributed by atoms with Gasteiger partial charge in [0.25, 0.3) is 0 Å². The third-order valence-electron chi connectivity index (χ3n) is 3.91. The first-order valence-corrected chi connectivity index (χ1v) is 10.2. The van der Waals surface area contributed by atoms with Crippen molar-refractivity contribution in [2.24, 2.45) is 0 Å². The van der Waals surface area contributed by atoms with Crippen molar-refractivity contribution in [2.75, 3.05) is 16.4 Å².